The number of nitrogens with one attached hydrogen (secondary N) is 1. The molecule has 0 aliphatic carbocycles. The number of amides is 1. The van der Waals surface area contributed by atoms with E-state index in [1.807, 2.05) is 7.05 Å². The smallest absolute Gasteiger partial charge is 0.271 e. The summed E-state index contributed by atoms with van der Waals surface area (Å²) < 4.78 is 0. The first kappa shape index (κ1) is 16.0. The Labute approximate surface area is 132 Å². The quantitative estimate of drug-likeness (QED) is 0.682. The fraction of sp³-hybridized carbons (Fsp3) is 0.462. The van der Waals surface area contributed by atoms with E-state index in [2.05, 4.69) is 5.32 Å². The molecule has 1 amide bonds. The van der Waals surface area contributed by atoms with Crippen molar-refractivity contribution < 1.29 is 9.72 Å². The number of rotatable bonds is 3. The van der Waals surface area contributed by atoms with Gasteiger partial charge in [-0.2, -0.15) is 0 Å². The molecule has 0 aromatic heterocycles. The molecule has 2 rings (SSSR count). The summed E-state index contributed by atoms with van der Waals surface area (Å²) in [5.74, 6) is -0.328. The third kappa shape index (κ3) is 3.45. The summed E-state index contributed by atoms with van der Waals surface area (Å²) in [5, 5.41) is 14.1. The number of benzene rings is 1. The van der Waals surface area contributed by atoms with Gasteiger partial charge in [-0.3, -0.25) is 14.9 Å². The minimum atomic E-state index is -0.592. The second-order valence-corrected chi connectivity index (χ2v) is 5.71. The number of non-ortho nitro benzene ring substituents is 1. The van der Waals surface area contributed by atoms with Gasteiger partial charge in [-0.05, 0) is 19.9 Å². The first-order valence-electron chi connectivity index (χ1n) is 6.54. The molecule has 1 fully saturated rings. The monoisotopic (exact) mass is 331 g/mol. The summed E-state index contributed by atoms with van der Waals surface area (Å²) in [6, 6.07) is 2.54. The van der Waals surface area contributed by atoms with Gasteiger partial charge in [0.1, 0.15) is 0 Å². The summed E-state index contributed by atoms with van der Waals surface area (Å²) >= 11 is 11.9. The van der Waals surface area contributed by atoms with Gasteiger partial charge in [0, 0.05) is 31.3 Å². The number of piperidine rings is 1. The Morgan fingerprint density at radius 3 is 2.81 bits per heavy atom. The largest absolute Gasteiger partial charge is 0.337 e. The van der Waals surface area contributed by atoms with Crippen LogP contribution in [-0.2, 0) is 0 Å². The lowest BCUT2D eigenvalue weighted by Crippen LogP contribution is -2.47. The SMILES string of the molecule is CNC1CCCN(C(=O)c2cc([N+](=O)[O-])cc(Cl)c2Cl)C1. The maximum Gasteiger partial charge on any atom is 0.271 e. The highest BCUT2D eigenvalue weighted by Crippen LogP contribution is 2.32. The molecule has 1 atom stereocenters. The van der Waals surface area contributed by atoms with E-state index in [1.165, 1.54) is 6.07 Å². The van der Waals surface area contributed by atoms with Crippen LogP contribution in [0.1, 0.15) is 23.2 Å². The van der Waals surface area contributed by atoms with Crippen LogP contribution >= 0.6 is 23.2 Å². The standard InChI is InChI=1S/C13H15Cl2N3O3/c1-16-8-3-2-4-17(7-8)13(19)10-5-9(18(20)21)6-11(14)12(10)15/h5-6,8,16H,2-4,7H2,1H3. The van der Waals surface area contributed by atoms with Crippen LogP contribution in [0.3, 0.4) is 0 Å². The number of likely N-dealkylation sites (tertiary alicyclic amines) is 1. The molecule has 8 heteroatoms. The lowest BCUT2D eigenvalue weighted by Gasteiger charge is -2.32. The minimum absolute atomic E-state index is 0.0105. The van der Waals surface area contributed by atoms with Crippen LogP contribution in [0.25, 0.3) is 0 Å². The van der Waals surface area contributed by atoms with Crippen molar-refractivity contribution in [1.82, 2.24) is 10.2 Å². The van der Waals surface area contributed by atoms with E-state index < -0.39 is 4.92 Å². The van der Waals surface area contributed by atoms with Gasteiger partial charge in [0.25, 0.3) is 11.6 Å². The van der Waals surface area contributed by atoms with Crippen LogP contribution in [0.5, 0.6) is 0 Å². The Bertz CT molecular complexity index is 580. The molecule has 1 aliphatic rings. The zero-order valence-electron chi connectivity index (χ0n) is 11.4. The van der Waals surface area contributed by atoms with Crippen molar-refractivity contribution in [2.45, 2.75) is 18.9 Å². The summed E-state index contributed by atoms with van der Waals surface area (Å²) in [5.41, 5.74) is -0.164. The van der Waals surface area contributed by atoms with E-state index in [1.54, 1.807) is 4.90 Å². The van der Waals surface area contributed by atoms with Crippen molar-refractivity contribution >= 4 is 34.8 Å². The number of carbonyl (C=O) groups excluding carboxylic acids is 1. The number of carbonyl (C=O) groups is 1. The average molecular weight is 332 g/mol. The van der Waals surface area contributed by atoms with Crippen LogP contribution in [0.4, 0.5) is 5.69 Å². The minimum Gasteiger partial charge on any atom is -0.337 e. The molecule has 0 spiro atoms. The highest BCUT2D eigenvalue weighted by molar-refractivity contribution is 6.44. The predicted octanol–water partition coefficient (Wildman–Crippen LogP) is 2.73. The summed E-state index contributed by atoms with van der Waals surface area (Å²) in [7, 11) is 1.84. The van der Waals surface area contributed by atoms with Crippen LogP contribution in [0.2, 0.25) is 10.0 Å². The van der Waals surface area contributed by atoms with Gasteiger partial charge in [-0.1, -0.05) is 23.2 Å². The van der Waals surface area contributed by atoms with Crippen molar-refractivity contribution in [3.8, 4) is 0 Å². The molecule has 1 N–H and O–H groups in total. The molecule has 0 bridgehead atoms. The lowest BCUT2D eigenvalue weighted by atomic mass is 10.0. The molecular weight excluding hydrogens is 317 g/mol. The normalized spacial score (nSPS) is 18.6. The lowest BCUT2D eigenvalue weighted by molar-refractivity contribution is -0.384. The van der Waals surface area contributed by atoms with E-state index in [4.69, 9.17) is 23.2 Å². The van der Waals surface area contributed by atoms with E-state index in [0.717, 1.165) is 18.9 Å². The second-order valence-electron chi connectivity index (χ2n) is 4.93. The van der Waals surface area contributed by atoms with E-state index in [0.29, 0.717) is 13.1 Å². The Morgan fingerprint density at radius 2 is 2.19 bits per heavy atom. The van der Waals surface area contributed by atoms with Gasteiger partial charge in [-0.15, -0.1) is 0 Å². The van der Waals surface area contributed by atoms with Crippen LogP contribution in [0, 0.1) is 10.1 Å². The number of nitro groups is 1. The molecule has 21 heavy (non-hydrogen) atoms. The Morgan fingerprint density at radius 1 is 1.48 bits per heavy atom. The summed E-state index contributed by atoms with van der Waals surface area (Å²) in [6.07, 6.45) is 1.86. The highest BCUT2D eigenvalue weighted by Gasteiger charge is 2.27. The Hall–Kier alpha value is -1.37. The summed E-state index contributed by atoms with van der Waals surface area (Å²) in [6.45, 7) is 1.15. The molecule has 6 nitrogen and oxygen atoms in total. The molecular formula is C13H15Cl2N3O3. The Kier molecular flexibility index (Phi) is 5.03. The molecule has 1 saturated heterocycles. The topological polar surface area (TPSA) is 75.5 Å². The van der Waals surface area contributed by atoms with Gasteiger partial charge < -0.3 is 10.2 Å². The van der Waals surface area contributed by atoms with Gasteiger partial charge in [0.05, 0.1) is 20.5 Å². The van der Waals surface area contributed by atoms with Crippen LogP contribution in [0.15, 0.2) is 12.1 Å². The van der Waals surface area contributed by atoms with Gasteiger partial charge in [0.15, 0.2) is 0 Å². The molecule has 1 aromatic rings. The number of hydrogen-bond acceptors (Lipinski definition) is 4. The van der Waals surface area contributed by atoms with Gasteiger partial charge >= 0.3 is 0 Å². The predicted molar refractivity (Wildman–Crippen MR) is 81.1 cm³/mol. The van der Waals surface area contributed by atoms with Crippen LogP contribution < -0.4 is 5.32 Å². The van der Waals surface area contributed by atoms with E-state index >= 15 is 0 Å². The highest BCUT2D eigenvalue weighted by atomic mass is 35.5. The maximum absolute atomic E-state index is 12.5. The third-order valence-corrected chi connectivity index (χ3v) is 4.37. The van der Waals surface area contributed by atoms with Crippen molar-refractivity contribution in [1.29, 1.82) is 0 Å². The fourth-order valence-corrected chi connectivity index (χ4v) is 2.81. The second kappa shape index (κ2) is 6.60. The first-order chi connectivity index (χ1) is 9.93. The zero-order chi connectivity index (χ0) is 15.6. The number of likely N-dealkylation sites (N-methyl/N-ethyl adjacent to an activating group) is 1. The van der Waals surface area contributed by atoms with Crippen molar-refractivity contribution in [2.75, 3.05) is 20.1 Å². The number of halogens is 2. The third-order valence-electron chi connectivity index (χ3n) is 3.57. The molecule has 0 radical (unpaired) electrons. The van der Waals surface area contributed by atoms with Gasteiger partial charge in [-0.25, -0.2) is 0 Å². The molecule has 0 saturated carbocycles. The fourth-order valence-electron chi connectivity index (χ4n) is 2.40. The molecule has 114 valence electrons. The number of nitrogens with zero attached hydrogens (tertiary/aromatic N) is 2. The number of hydrogen-bond donors (Lipinski definition) is 1. The van der Waals surface area contributed by atoms with E-state index in [9.17, 15) is 14.9 Å². The van der Waals surface area contributed by atoms with Crippen molar-refractivity contribution in [3.63, 3.8) is 0 Å². The summed E-state index contributed by atoms with van der Waals surface area (Å²) in [4.78, 5) is 24.5. The average Bonchev–Trinajstić information content (AvgIpc) is 2.49. The Balaban J connectivity index is 2.32. The molecule has 1 unspecified atom stereocenters. The first-order valence-corrected chi connectivity index (χ1v) is 7.29. The molecule has 1 aromatic carbocycles. The zero-order valence-corrected chi connectivity index (χ0v) is 12.9. The van der Waals surface area contributed by atoms with Gasteiger partial charge in [0.2, 0.25) is 0 Å². The molecule has 1 heterocycles. The van der Waals surface area contributed by atoms with Crippen molar-refractivity contribution in [2.24, 2.45) is 0 Å². The number of nitro benzene ring substituents is 1. The van der Waals surface area contributed by atoms with Crippen molar-refractivity contribution in [3.05, 3.63) is 37.9 Å². The molecule has 1 aliphatic heterocycles. The maximum atomic E-state index is 12.5. The van der Waals surface area contributed by atoms with E-state index in [-0.39, 0.29) is 33.2 Å². The van der Waals surface area contributed by atoms with Crippen LogP contribution in [-0.4, -0.2) is 41.9 Å².